The lowest BCUT2D eigenvalue weighted by molar-refractivity contribution is -0.0564. The number of aliphatic hydroxyl groups excluding tert-OH is 2. The van der Waals surface area contributed by atoms with E-state index in [0.717, 1.165) is 6.21 Å². The maximum atomic E-state index is 15.0. The van der Waals surface area contributed by atoms with Crippen LogP contribution in [0.3, 0.4) is 0 Å². The number of nitrogen functional groups attached to an aromatic ring is 1. The van der Waals surface area contributed by atoms with Crippen molar-refractivity contribution in [1.82, 2.24) is 14.5 Å². The quantitative estimate of drug-likeness (QED) is 0.348. The minimum atomic E-state index is -2.17. The molecular formula is C13H16FN5O4. The van der Waals surface area contributed by atoms with E-state index in [2.05, 4.69) is 15.1 Å². The number of anilines is 1. The number of alkyl halides is 1. The first-order valence-electron chi connectivity index (χ1n) is 6.83. The van der Waals surface area contributed by atoms with Gasteiger partial charge in [-0.1, -0.05) is 5.16 Å². The van der Waals surface area contributed by atoms with E-state index in [1.807, 2.05) is 0 Å². The summed E-state index contributed by atoms with van der Waals surface area (Å²) in [6, 6.07) is 0. The molecule has 124 valence electrons. The van der Waals surface area contributed by atoms with Crippen molar-refractivity contribution in [3.63, 3.8) is 0 Å². The van der Waals surface area contributed by atoms with Gasteiger partial charge in [0.1, 0.15) is 30.0 Å². The molecule has 0 amide bonds. The zero-order valence-corrected chi connectivity index (χ0v) is 12.2. The highest BCUT2D eigenvalue weighted by molar-refractivity contribution is 6.02. The van der Waals surface area contributed by atoms with E-state index in [1.54, 1.807) is 0 Å². The molecular weight excluding hydrogens is 309 g/mol. The second-order valence-corrected chi connectivity index (χ2v) is 5.50. The van der Waals surface area contributed by atoms with Crippen LogP contribution < -0.4 is 5.73 Å². The summed E-state index contributed by atoms with van der Waals surface area (Å²) in [5, 5.41) is 31.3. The van der Waals surface area contributed by atoms with Crippen molar-refractivity contribution in [3.05, 3.63) is 18.1 Å². The molecule has 2 aromatic heterocycles. The van der Waals surface area contributed by atoms with Crippen LogP contribution in [0.4, 0.5) is 10.2 Å². The summed E-state index contributed by atoms with van der Waals surface area (Å²) < 4.78 is 21.7. The van der Waals surface area contributed by atoms with Crippen molar-refractivity contribution < 1.29 is 24.5 Å². The van der Waals surface area contributed by atoms with Gasteiger partial charge in [-0.05, 0) is 6.92 Å². The molecule has 23 heavy (non-hydrogen) atoms. The largest absolute Gasteiger partial charge is 0.411 e. The van der Waals surface area contributed by atoms with E-state index in [4.69, 9.17) is 15.7 Å². The van der Waals surface area contributed by atoms with E-state index in [1.165, 1.54) is 24.0 Å². The maximum Gasteiger partial charge on any atom is 0.181 e. The summed E-state index contributed by atoms with van der Waals surface area (Å²) in [6.07, 6.45) is -0.0654. The Bertz CT molecular complexity index is 762. The summed E-state index contributed by atoms with van der Waals surface area (Å²) >= 11 is 0. The highest BCUT2D eigenvalue weighted by Crippen LogP contribution is 2.43. The number of fused-ring (bicyclic) bond motifs is 1. The van der Waals surface area contributed by atoms with Gasteiger partial charge < -0.3 is 30.5 Å². The number of rotatable bonds is 3. The first-order chi connectivity index (χ1) is 10.9. The molecule has 1 fully saturated rings. The summed E-state index contributed by atoms with van der Waals surface area (Å²) in [4.78, 5) is 7.93. The van der Waals surface area contributed by atoms with Crippen LogP contribution >= 0.6 is 0 Å². The second kappa shape index (κ2) is 5.41. The van der Waals surface area contributed by atoms with Crippen LogP contribution in [0.1, 0.15) is 18.7 Å². The normalized spacial score (nSPS) is 31.4. The number of hydrogen-bond donors (Lipinski definition) is 4. The van der Waals surface area contributed by atoms with Crippen molar-refractivity contribution in [2.45, 2.75) is 31.0 Å². The molecule has 1 aliphatic rings. The lowest BCUT2D eigenvalue weighted by atomic mass is 9.98. The third-order valence-corrected chi connectivity index (χ3v) is 4.01. The number of oxime groups is 1. The van der Waals surface area contributed by atoms with E-state index in [-0.39, 0.29) is 11.5 Å². The molecule has 1 aliphatic heterocycles. The standard InChI is InChI=1S/C13H16FN5O4/c1-13(14)9(21)7(4-20)23-12(13)19-3-6(2-18-22)8-10(15)16-5-17-11(8)19/h2-3,5,7,9,12,20-22H,4H2,1H3,(H2,15,16,17)/b18-2+/t7-,9-,12-,13-/m1/s1. The Morgan fingerprint density at radius 3 is 2.91 bits per heavy atom. The molecule has 0 bridgehead atoms. The molecule has 10 heteroatoms. The van der Waals surface area contributed by atoms with Crippen LogP contribution in [-0.4, -0.2) is 60.7 Å². The van der Waals surface area contributed by atoms with Crippen molar-refractivity contribution in [1.29, 1.82) is 0 Å². The predicted molar refractivity (Wildman–Crippen MR) is 77.8 cm³/mol. The van der Waals surface area contributed by atoms with Gasteiger partial charge in [0, 0.05) is 11.8 Å². The Morgan fingerprint density at radius 2 is 2.30 bits per heavy atom. The van der Waals surface area contributed by atoms with Crippen molar-refractivity contribution in [3.8, 4) is 0 Å². The number of nitrogens with zero attached hydrogens (tertiary/aromatic N) is 4. The predicted octanol–water partition coefficient (Wildman–Crippen LogP) is -0.200. The van der Waals surface area contributed by atoms with Gasteiger partial charge >= 0.3 is 0 Å². The fourth-order valence-electron chi connectivity index (χ4n) is 2.84. The van der Waals surface area contributed by atoms with Gasteiger partial charge in [0.2, 0.25) is 0 Å². The molecule has 0 aromatic carbocycles. The van der Waals surface area contributed by atoms with E-state index in [9.17, 15) is 14.6 Å². The minimum Gasteiger partial charge on any atom is -0.411 e. The molecule has 0 spiro atoms. The molecule has 3 heterocycles. The third kappa shape index (κ3) is 2.22. The van der Waals surface area contributed by atoms with Crippen molar-refractivity contribution in [2.24, 2.45) is 5.16 Å². The SMILES string of the molecule is C[C@@]1(F)[C@H](O)[C@@H](CO)O[C@H]1n1cc(/C=N/O)c2c(N)ncnc21. The molecule has 9 nitrogen and oxygen atoms in total. The molecule has 0 radical (unpaired) electrons. The topological polar surface area (TPSA) is 139 Å². The molecule has 0 unspecified atom stereocenters. The average Bonchev–Trinajstić information content (AvgIpc) is 2.97. The van der Waals surface area contributed by atoms with Crippen LogP contribution in [0, 0.1) is 0 Å². The van der Waals surface area contributed by atoms with Crippen LogP contribution in [-0.2, 0) is 4.74 Å². The number of nitrogens with two attached hydrogens (primary N) is 1. The highest BCUT2D eigenvalue weighted by atomic mass is 19.1. The van der Waals surface area contributed by atoms with Crippen molar-refractivity contribution in [2.75, 3.05) is 12.3 Å². The first-order valence-corrected chi connectivity index (χ1v) is 6.83. The minimum absolute atomic E-state index is 0.126. The summed E-state index contributed by atoms with van der Waals surface area (Å²) in [5.41, 5.74) is 4.26. The molecule has 2 aromatic rings. The van der Waals surface area contributed by atoms with E-state index >= 15 is 0 Å². The van der Waals surface area contributed by atoms with Gasteiger partial charge in [-0.3, -0.25) is 0 Å². The van der Waals surface area contributed by atoms with Gasteiger partial charge in [-0.25, -0.2) is 14.4 Å². The number of halogens is 1. The Balaban J connectivity index is 2.19. The monoisotopic (exact) mass is 325 g/mol. The van der Waals surface area contributed by atoms with Gasteiger partial charge in [0.25, 0.3) is 0 Å². The molecule has 0 aliphatic carbocycles. The number of aliphatic hydroxyl groups is 2. The lowest BCUT2D eigenvalue weighted by Crippen LogP contribution is -2.40. The fourth-order valence-corrected chi connectivity index (χ4v) is 2.84. The Kier molecular flexibility index (Phi) is 3.66. The van der Waals surface area contributed by atoms with Gasteiger partial charge in [0.15, 0.2) is 11.9 Å². The van der Waals surface area contributed by atoms with E-state index in [0.29, 0.717) is 10.9 Å². The lowest BCUT2D eigenvalue weighted by Gasteiger charge is -2.25. The van der Waals surface area contributed by atoms with Gasteiger partial charge in [0.05, 0.1) is 18.2 Å². The second-order valence-electron chi connectivity index (χ2n) is 5.50. The van der Waals surface area contributed by atoms with Crippen molar-refractivity contribution >= 4 is 23.1 Å². The van der Waals surface area contributed by atoms with Crippen LogP contribution in [0.15, 0.2) is 17.7 Å². The average molecular weight is 325 g/mol. The summed E-state index contributed by atoms with van der Waals surface area (Å²) in [5.74, 6) is 0.126. The molecule has 5 N–H and O–H groups in total. The highest BCUT2D eigenvalue weighted by Gasteiger charge is 2.55. The number of aromatic nitrogens is 3. The Labute approximate surface area is 129 Å². The zero-order valence-electron chi connectivity index (χ0n) is 12.2. The number of hydrogen-bond acceptors (Lipinski definition) is 8. The Hall–Kier alpha value is -2.30. The third-order valence-electron chi connectivity index (χ3n) is 4.01. The fraction of sp³-hybridized carbons (Fsp3) is 0.462. The molecule has 3 rings (SSSR count). The first kappa shape index (κ1) is 15.6. The summed E-state index contributed by atoms with van der Waals surface area (Å²) in [6.45, 7) is 0.645. The van der Waals surface area contributed by atoms with Gasteiger partial charge in [-0.2, -0.15) is 0 Å². The van der Waals surface area contributed by atoms with E-state index < -0.39 is 30.7 Å². The maximum absolute atomic E-state index is 15.0. The van der Waals surface area contributed by atoms with Crippen LogP contribution in [0.5, 0.6) is 0 Å². The van der Waals surface area contributed by atoms with Crippen LogP contribution in [0.25, 0.3) is 11.0 Å². The number of ether oxygens (including phenoxy) is 1. The molecule has 4 atom stereocenters. The zero-order chi connectivity index (χ0) is 16.8. The smallest absolute Gasteiger partial charge is 0.181 e. The molecule has 1 saturated heterocycles. The summed E-state index contributed by atoms with van der Waals surface area (Å²) in [7, 11) is 0. The molecule has 0 saturated carbocycles. The van der Waals surface area contributed by atoms with Crippen LogP contribution in [0.2, 0.25) is 0 Å². The Morgan fingerprint density at radius 1 is 1.57 bits per heavy atom. The van der Waals surface area contributed by atoms with Gasteiger partial charge in [-0.15, -0.1) is 0 Å².